The lowest BCUT2D eigenvalue weighted by Crippen LogP contribution is -2.43. The topological polar surface area (TPSA) is 75.5 Å². The van der Waals surface area contributed by atoms with Crippen LogP contribution in [0.2, 0.25) is 0 Å². The second kappa shape index (κ2) is 6.48. The minimum atomic E-state index is -0.395. The monoisotopic (exact) mass is 317 g/mol. The molecule has 22 heavy (non-hydrogen) atoms. The Morgan fingerprint density at radius 1 is 1.23 bits per heavy atom. The number of ether oxygens (including phenoxy) is 1. The Kier molecular flexibility index (Phi) is 4.24. The van der Waals surface area contributed by atoms with Crippen molar-refractivity contribution in [2.24, 2.45) is 0 Å². The van der Waals surface area contributed by atoms with E-state index < -0.39 is 5.91 Å². The molecule has 1 aliphatic rings. The largest absolute Gasteiger partial charge is 0.493 e. The molecule has 0 atom stereocenters. The molecule has 0 unspecified atom stereocenters. The molecule has 0 saturated heterocycles. The molecule has 1 amide bonds. The van der Waals surface area contributed by atoms with Crippen LogP contribution in [-0.4, -0.2) is 17.6 Å². The first-order chi connectivity index (χ1) is 10.7. The molecule has 6 nitrogen and oxygen atoms in total. The van der Waals surface area contributed by atoms with E-state index in [1.54, 1.807) is 12.1 Å². The normalized spacial score (nSPS) is 12.7. The number of nitrogens with one attached hydrogen (secondary N) is 3. The highest BCUT2D eigenvalue weighted by Crippen LogP contribution is 2.27. The summed E-state index contributed by atoms with van der Waals surface area (Å²) in [6.07, 6.45) is 3.43. The molecule has 114 valence electrons. The minimum Gasteiger partial charge on any atom is -0.493 e. The Morgan fingerprint density at radius 3 is 2.95 bits per heavy atom. The fraction of sp³-hybridized carbons (Fsp3) is 0.200. The zero-order chi connectivity index (χ0) is 15.4. The van der Waals surface area contributed by atoms with Gasteiger partial charge in [0.2, 0.25) is 0 Å². The Bertz CT molecular complexity index is 685. The molecule has 1 aliphatic heterocycles. The van der Waals surface area contributed by atoms with E-state index in [1.165, 1.54) is 6.26 Å². The average molecular weight is 317 g/mol. The predicted molar refractivity (Wildman–Crippen MR) is 85.8 cm³/mol. The van der Waals surface area contributed by atoms with Crippen molar-refractivity contribution in [2.75, 3.05) is 11.9 Å². The maximum Gasteiger partial charge on any atom is 0.305 e. The number of anilines is 1. The van der Waals surface area contributed by atoms with E-state index in [0.29, 0.717) is 0 Å². The van der Waals surface area contributed by atoms with Gasteiger partial charge in [-0.05, 0) is 61.0 Å². The maximum absolute atomic E-state index is 11.7. The molecule has 0 fully saturated rings. The van der Waals surface area contributed by atoms with E-state index >= 15 is 0 Å². The summed E-state index contributed by atoms with van der Waals surface area (Å²) < 4.78 is 10.5. The standard InChI is InChI=1S/C15H15N3O3S/c19-14(13-4-2-8-21-13)17-18-15(22)16-11-5-6-12-10(9-11)3-1-7-20-12/h2,4-6,8-9H,1,3,7H2,(H,17,19)(H2,16,18,22). The van der Waals surface area contributed by atoms with Gasteiger partial charge in [0, 0.05) is 5.69 Å². The zero-order valence-electron chi connectivity index (χ0n) is 11.7. The van der Waals surface area contributed by atoms with Gasteiger partial charge < -0.3 is 14.5 Å². The molecular formula is C15H15N3O3S. The molecule has 1 aromatic heterocycles. The van der Waals surface area contributed by atoms with Crippen LogP contribution < -0.4 is 20.9 Å². The van der Waals surface area contributed by atoms with Crippen molar-refractivity contribution < 1.29 is 13.9 Å². The Hall–Kier alpha value is -2.54. The molecule has 3 N–H and O–H groups in total. The van der Waals surface area contributed by atoms with Gasteiger partial charge >= 0.3 is 5.91 Å². The highest BCUT2D eigenvalue weighted by molar-refractivity contribution is 7.80. The van der Waals surface area contributed by atoms with E-state index in [0.717, 1.165) is 36.4 Å². The molecule has 0 radical (unpaired) electrons. The first-order valence-corrected chi connectivity index (χ1v) is 7.30. The first-order valence-electron chi connectivity index (χ1n) is 6.89. The smallest absolute Gasteiger partial charge is 0.305 e. The number of hydrogen-bond acceptors (Lipinski definition) is 4. The molecule has 0 aliphatic carbocycles. The van der Waals surface area contributed by atoms with E-state index in [1.807, 2.05) is 18.2 Å². The number of fused-ring (bicyclic) bond motifs is 1. The second-order valence-corrected chi connectivity index (χ2v) is 5.19. The number of hydrogen-bond donors (Lipinski definition) is 3. The van der Waals surface area contributed by atoms with Crippen LogP contribution >= 0.6 is 12.2 Å². The summed E-state index contributed by atoms with van der Waals surface area (Å²) in [6.45, 7) is 0.762. The highest BCUT2D eigenvalue weighted by atomic mass is 32.1. The molecule has 2 aromatic rings. The molecule has 0 bridgehead atoms. The van der Waals surface area contributed by atoms with Crippen LogP contribution in [0.4, 0.5) is 5.69 Å². The summed E-state index contributed by atoms with van der Waals surface area (Å²) in [5.41, 5.74) is 7.08. The van der Waals surface area contributed by atoms with Crippen molar-refractivity contribution in [1.29, 1.82) is 0 Å². The molecule has 1 aromatic carbocycles. The van der Waals surface area contributed by atoms with E-state index in [-0.39, 0.29) is 10.9 Å². The average Bonchev–Trinajstić information content (AvgIpc) is 3.07. The SMILES string of the molecule is O=C(NNC(=S)Nc1ccc2c(c1)CCCO2)c1ccco1. The van der Waals surface area contributed by atoms with Crippen molar-refractivity contribution >= 4 is 28.9 Å². The van der Waals surface area contributed by atoms with Crippen LogP contribution in [0.15, 0.2) is 41.0 Å². The Balaban J connectivity index is 1.54. The van der Waals surface area contributed by atoms with Gasteiger partial charge in [-0.15, -0.1) is 0 Å². The zero-order valence-corrected chi connectivity index (χ0v) is 12.5. The first kappa shape index (κ1) is 14.4. The van der Waals surface area contributed by atoms with E-state index in [9.17, 15) is 4.79 Å². The number of amides is 1. The van der Waals surface area contributed by atoms with Crippen molar-refractivity contribution in [1.82, 2.24) is 10.9 Å². The molecular weight excluding hydrogens is 302 g/mol. The molecule has 3 rings (SSSR count). The van der Waals surface area contributed by atoms with Gasteiger partial charge in [-0.1, -0.05) is 0 Å². The van der Waals surface area contributed by atoms with Gasteiger partial charge in [0.25, 0.3) is 0 Å². The number of thiocarbonyl (C=S) groups is 1. The summed E-state index contributed by atoms with van der Waals surface area (Å²) in [4.78, 5) is 11.7. The van der Waals surface area contributed by atoms with Crippen LogP contribution in [0.3, 0.4) is 0 Å². The third kappa shape index (κ3) is 3.37. The highest BCUT2D eigenvalue weighted by Gasteiger charge is 2.11. The summed E-state index contributed by atoms with van der Waals surface area (Å²) in [7, 11) is 0. The van der Waals surface area contributed by atoms with Crippen molar-refractivity contribution in [3.05, 3.63) is 47.9 Å². The van der Waals surface area contributed by atoms with Gasteiger partial charge in [-0.2, -0.15) is 0 Å². The van der Waals surface area contributed by atoms with Gasteiger partial charge in [-0.25, -0.2) is 0 Å². The number of benzene rings is 1. The van der Waals surface area contributed by atoms with Gasteiger partial charge in [-0.3, -0.25) is 15.6 Å². The predicted octanol–water partition coefficient (Wildman–Crippen LogP) is 2.24. The van der Waals surface area contributed by atoms with Gasteiger partial charge in [0.15, 0.2) is 10.9 Å². The number of rotatable bonds is 2. The molecule has 0 saturated carbocycles. The number of aryl methyl sites for hydroxylation is 1. The number of carbonyl (C=O) groups excluding carboxylic acids is 1. The lowest BCUT2D eigenvalue weighted by atomic mass is 10.1. The molecule has 2 heterocycles. The molecule has 0 spiro atoms. The lowest BCUT2D eigenvalue weighted by molar-refractivity contribution is 0.0916. The fourth-order valence-electron chi connectivity index (χ4n) is 2.18. The number of hydrazine groups is 1. The Labute approximate surface area is 132 Å². The van der Waals surface area contributed by atoms with Crippen LogP contribution in [0.5, 0.6) is 5.75 Å². The Morgan fingerprint density at radius 2 is 2.14 bits per heavy atom. The third-order valence-electron chi connectivity index (χ3n) is 3.20. The van der Waals surface area contributed by atoms with Crippen molar-refractivity contribution in [2.45, 2.75) is 12.8 Å². The van der Waals surface area contributed by atoms with Crippen LogP contribution in [0.25, 0.3) is 0 Å². The third-order valence-corrected chi connectivity index (χ3v) is 3.41. The van der Waals surface area contributed by atoms with Gasteiger partial charge in [0.1, 0.15) is 5.75 Å². The molecule has 7 heteroatoms. The fourth-order valence-corrected chi connectivity index (χ4v) is 2.35. The van der Waals surface area contributed by atoms with Crippen LogP contribution in [0.1, 0.15) is 22.5 Å². The van der Waals surface area contributed by atoms with Crippen molar-refractivity contribution in [3.8, 4) is 5.75 Å². The van der Waals surface area contributed by atoms with E-state index in [2.05, 4.69) is 16.2 Å². The maximum atomic E-state index is 11.7. The number of furan rings is 1. The van der Waals surface area contributed by atoms with E-state index in [4.69, 9.17) is 21.4 Å². The van der Waals surface area contributed by atoms with Gasteiger partial charge in [0.05, 0.1) is 12.9 Å². The van der Waals surface area contributed by atoms with Crippen LogP contribution in [-0.2, 0) is 6.42 Å². The summed E-state index contributed by atoms with van der Waals surface area (Å²) >= 11 is 5.14. The van der Waals surface area contributed by atoms with Crippen molar-refractivity contribution in [3.63, 3.8) is 0 Å². The summed E-state index contributed by atoms with van der Waals surface area (Å²) in [5, 5.41) is 3.30. The summed E-state index contributed by atoms with van der Waals surface area (Å²) in [6, 6.07) is 9.00. The summed E-state index contributed by atoms with van der Waals surface area (Å²) in [5.74, 6) is 0.732. The van der Waals surface area contributed by atoms with Crippen LogP contribution in [0, 0.1) is 0 Å². The quantitative estimate of drug-likeness (QED) is 0.582. The number of carbonyl (C=O) groups is 1. The lowest BCUT2D eigenvalue weighted by Gasteiger charge is -2.18. The minimum absolute atomic E-state index is 0.209. The second-order valence-electron chi connectivity index (χ2n) is 4.79.